The van der Waals surface area contributed by atoms with Crippen molar-refractivity contribution >= 4 is 59.2 Å². The van der Waals surface area contributed by atoms with Gasteiger partial charge in [-0.25, -0.2) is 0 Å². The molecule has 0 bridgehead atoms. The zero-order valence-corrected chi connectivity index (χ0v) is 5.30. The van der Waals surface area contributed by atoms with Gasteiger partial charge in [-0.1, -0.05) is 0 Å². The molecule has 0 rings (SSSR count). The summed E-state index contributed by atoms with van der Waals surface area (Å²) in [6.07, 6.45) is 0. The van der Waals surface area contributed by atoms with E-state index >= 15 is 0 Å². The second kappa shape index (κ2) is 5.88. The molecular formula is H3KO5PV. The molecule has 0 amide bonds. The third-order valence-corrected chi connectivity index (χ3v) is 1.73. The molecule has 0 aliphatic heterocycles. The van der Waals surface area contributed by atoms with Crippen LogP contribution in [0.5, 0.6) is 0 Å². The zero-order valence-electron chi connectivity index (χ0n) is 3.01. The first-order valence-corrected chi connectivity index (χ1v) is 3.80. The molecular weight excluding hydrogens is 201 g/mol. The van der Waals surface area contributed by atoms with Gasteiger partial charge in [-0.15, -0.1) is 0 Å². The van der Waals surface area contributed by atoms with E-state index in [4.69, 9.17) is 9.79 Å². The first kappa shape index (κ1) is 12.8. The Bertz CT molecular complexity index is 105. The molecule has 8 heavy (non-hydrogen) atoms. The predicted octanol–water partition coefficient (Wildman–Crippen LogP) is -1.21. The fourth-order valence-corrected chi connectivity index (χ4v) is 0.537. The van der Waals surface area contributed by atoms with Crippen LogP contribution in [0.2, 0.25) is 0 Å². The van der Waals surface area contributed by atoms with Gasteiger partial charge in [0.1, 0.15) is 0 Å². The zero-order chi connectivity index (χ0) is 5.91. The SMILES string of the molecule is [KH].[O]=[V][O]P(=O)(O)O. The summed E-state index contributed by atoms with van der Waals surface area (Å²) in [5, 5.41) is 0. The molecule has 0 aromatic carbocycles. The van der Waals surface area contributed by atoms with Crippen molar-refractivity contribution in [3.05, 3.63) is 0 Å². The Hall–Kier alpha value is 2.13. The van der Waals surface area contributed by atoms with E-state index in [1.165, 1.54) is 0 Å². The molecule has 0 aromatic heterocycles. The summed E-state index contributed by atoms with van der Waals surface area (Å²) in [7, 11) is -4.44. The van der Waals surface area contributed by atoms with Gasteiger partial charge in [-0.2, -0.15) is 0 Å². The van der Waals surface area contributed by atoms with Crippen LogP contribution in [0.1, 0.15) is 0 Å². The topological polar surface area (TPSA) is 83.8 Å². The predicted molar refractivity (Wildman–Crippen MR) is 21.0 cm³/mol. The third-order valence-electron chi connectivity index (χ3n) is 0.140. The minimum atomic E-state index is -4.44. The summed E-state index contributed by atoms with van der Waals surface area (Å²) in [5.74, 6) is 0. The number of rotatable bonds is 2. The van der Waals surface area contributed by atoms with Crippen LogP contribution in [-0.4, -0.2) is 61.2 Å². The van der Waals surface area contributed by atoms with E-state index in [-0.39, 0.29) is 51.4 Å². The van der Waals surface area contributed by atoms with E-state index in [0.717, 1.165) is 0 Å². The van der Waals surface area contributed by atoms with E-state index in [2.05, 4.69) is 3.45 Å². The van der Waals surface area contributed by atoms with Crippen LogP contribution >= 0.6 is 7.82 Å². The Morgan fingerprint density at radius 1 is 1.50 bits per heavy atom. The summed E-state index contributed by atoms with van der Waals surface area (Å²) in [5.41, 5.74) is 0. The molecule has 0 spiro atoms. The van der Waals surface area contributed by atoms with Gasteiger partial charge in [0, 0.05) is 0 Å². The van der Waals surface area contributed by atoms with Crippen LogP contribution in [0.25, 0.3) is 0 Å². The van der Waals surface area contributed by atoms with Gasteiger partial charge in [0.05, 0.1) is 0 Å². The van der Waals surface area contributed by atoms with Crippen molar-refractivity contribution in [3.8, 4) is 0 Å². The van der Waals surface area contributed by atoms with Gasteiger partial charge in [-0.05, 0) is 0 Å². The maximum atomic E-state index is 9.53. The molecule has 0 saturated heterocycles. The van der Waals surface area contributed by atoms with E-state index in [9.17, 15) is 8.24 Å². The molecule has 0 heterocycles. The Kier molecular flexibility index (Phi) is 9.39. The molecule has 2 N–H and O–H groups in total. The van der Waals surface area contributed by atoms with Gasteiger partial charge in [0.2, 0.25) is 0 Å². The molecule has 0 unspecified atom stereocenters. The van der Waals surface area contributed by atoms with E-state index in [1.54, 1.807) is 0 Å². The molecule has 0 aliphatic carbocycles. The van der Waals surface area contributed by atoms with Crippen molar-refractivity contribution in [3.63, 3.8) is 0 Å². The van der Waals surface area contributed by atoms with Gasteiger partial charge >= 0.3 is 97.3 Å². The second-order valence-electron chi connectivity index (χ2n) is 0.647. The number of hydrogen-bond donors (Lipinski definition) is 2. The van der Waals surface area contributed by atoms with Gasteiger partial charge in [-0.3, -0.25) is 0 Å². The summed E-state index contributed by atoms with van der Waals surface area (Å²) < 4.78 is 22.3. The van der Waals surface area contributed by atoms with Crippen LogP contribution in [0.15, 0.2) is 0 Å². The molecule has 0 aliphatic rings. The molecule has 0 aromatic rings. The molecule has 5 nitrogen and oxygen atoms in total. The summed E-state index contributed by atoms with van der Waals surface area (Å²) in [4.78, 5) is 15.5. The summed E-state index contributed by atoms with van der Waals surface area (Å²) in [6, 6.07) is 0. The fraction of sp³-hybridized carbons (Fsp3) is 0. The van der Waals surface area contributed by atoms with Crippen molar-refractivity contribution in [1.29, 1.82) is 0 Å². The average Bonchev–Trinajstić information content (AvgIpc) is 1.30. The average molecular weight is 204 g/mol. The molecule has 8 heteroatoms. The van der Waals surface area contributed by atoms with E-state index < -0.39 is 24.4 Å². The van der Waals surface area contributed by atoms with E-state index in [0.29, 0.717) is 0 Å². The first-order valence-electron chi connectivity index (χ1n) is 1.13. The van der Waals surface area contributed by atoms with E-state index in [1.807, 2.05) is 0 Å². The Morgan fingerprint density at radius 3 is 1.88 bits per heavy atom. The molecule has 0 radical (unpaired) electrons. The van der Waals surface area contributed by atoms with Crippen molar-refractivity contribution < 1.29 is 38.1 Å². The Morgan fingerprint density at radius 2 is 1.88 bits per heavy atom. The number of phosphoric acid groups is 1. The molecule has 0 saturated carbocycles. The van der Waals surface area contributed by atoms with Crippen LogP contribution in [0.4, 0.5) is 0 Å². The van der Waals surface area contributed by atoms with Gasteiger partial charge < -0.3 is 0 Å². The van der Waals surface area contributed by atoms with Crippen LogP contribution in [0.3, 0.4) is 0 Å². The standard InChI is InChI=1S/K.H3O4P.O.V.H/c;1-5(2,3)4;;;/h;(H3,1,2,3,4);;;/q;;;+1;/p-1. The molecule has 0 atom stereocenters. The van der Waals surface area contributed by atoms with Gasteiger partial charge in [0.15, 0.2) is 0 Å². The molecule has 0 fully saturated rings. The Labute approximate surface area is 95.5 Å². The summed E-state index contributed by atoms with van der Waals surface area (Å²) in [6.45, 7) is 0. The Balaban J connectivity index is 0. The van der Waals surface area contributed by atoms with Crippen molar-refractivity contribution in [2.45, 2.75) is 0 Å². The van der Waals surface area contributed by atoms with Crippen LogP contribution in [0, 0.1) is 0 Å². The summed E-state index contributed by atoms with van der Waals surface area (Å²) >= 11 is -1.88. The second-order valence-corrected chi connectivity index (χ2v) is 2.79. The monoisotopic (exact) mass is 204 g/mol. The van der Waals surface area contributed by atoms with Crippen molar-refractivity contribution in [2.24, 2.45) is 0 Å². The third kappa shape index (κ3) is 11.0. The normalized spacial score (nSPS) is 9.75. The quantitative estimate of drug-likeness (QED) is 0.435. The molecule has 44 valence electrons. The minimum absolute atomic E-state index is 0. The fourth-order valence-electron chi connectivity index (χ4n) is 0.0434. The van der Waals surface area contributed by atoms with Crippen molar-refractivity contribution in [2.75, 3.05) is 0 Å². The maximum absolute atomic E-state index is 9.53. The first-order chi connectivity index (χ1) is 3.06. The van der Waals surface area contributed by atoms with Gasteiger partial charge in [0.25, 0.3) is 0 Å². The van der Waals surface area contributed by atoms with Crippen LogP contribution in [-0.2, 0) is 28.3 Å². The van der Waals surface area contributed by atoms with Crippen molar-refractivity contribution in [1.82, 2.24) is 0 Å². The van der Waals surface area contributed by atoms with Crippen LogP contribution < -0.4 is 0 Å². The number of hydrogen-bond acceptors (Lipinski definition) is 3.